The van der Waals surface area contributed by atoms with Gasteiger partial charge in [0.25, 0.3) is 0 Å². The Morgan fingerprint density at radius 2 is 1.97 bits per heavy atom. The van der Waals surface area contributed by atoms with Gasteiger partial charge < -0.3 is 18.9 Å². The average molecular weight is 439 g/mol. The van der Waals surface area contributed by atoms with Gasteiger partial charge >= 0.3 is 11.9 Å². The zero-order valence-electron chi connectivity index (χ0n) is 20.3. The third kappa shape index (κ3) is 4.95. The molecular weight excluding hydrogens is 396 g/mol. The van der Waals surface area contributed by atoms with Gasteiger partial charge in [0.05, 0.1) is 25.0 Å². The molecule has 2 saturated carbocycles. The maximum atomic E-state index is 13.3. The van der Waals surface area contributed by atoms with Crippen molar-refractivity contribution in [3.8, 4) is 0 Å². The molecule has 2 bridgehead atoms. The summed E-state index contributed by atoms with van der Waals surface area (Å²) in [6, 6.07) is 0. The molecule has 31 heavy (non-hydrogen) atoms. The Balaban J connectivity index is 1.71. The molecule has 0 amide bonds. The number of hydrogen-bond donors (Lipinski definition) is 0. The topological polar surface area (TPSA) is 71.1 Å². The van der Waals surface area contributed by atoms with E-state index in [1.165, 1.54) is 0 Å². The number of carbonyl (C=O) groups excluding carboxylic acids is 2. The van der Waals surface area contributed by atoms with Crippen LogP contribution in [0.4, 0.5) is 0 Å². The summed E-state index contributed by atoms with van der Waals surface area (Å²) in [6.07, 6.45) is 4.31. The Morgan fingerprint density at radius 1 is 1.23 bits per heavy atom. The van der Waals surface area contributed by atoms with Crippen LogP contribution in [-0.4, -0.2) is 44.2 Å². The van der Waals surface area contributed by atoms with Crippen molar-refractivity contribution in [2.75, 3.05) is 20.0 Å². The Kier molecular flexibility index (Phi) is 7.73. The number of ether oxygens (including phenoxy) is 4. The minimum absolute atomic E-state index is 0.118. The summed E-state index contributed by atoms with van der Waals surface area (Å²) in [5, 5.41) is 0. The zero-order chi connectivity index (χ0) is 22.8. The van der Waals surface area contributed by atoms with Crippen LogP contribution < -0.4 is 0 Å². The molecule has 6 nitrogen and oxygen atoms in total. The predicted octanol–water partition coefficient (Wildman–Crippen LogP) is 4.74. The summed E-state index contributed by atoms with van der Waals surface area (Å²) in [6.45, 7) is 13.7. The molecule has 0 spiro atoms. The molecule has 1 saturated heterocycles. The van der Waals surface area contributed by atoms with Crippen LogP contribution in [0.1, 0.15) is 80.1 Å². The van der Waals surface area contributed by atoms with Gasteiger partial charge in [0.1, 0.15) is 19.0 Å². The Labute approximate surface area is 187 Å². The van der Waals surface area contributed by atoms with Gasteiger partial charge in [-0.05, 0) is 56.3 Å². The summed E-state index contributed by atoms with van der Waals surface area (Å²) in [7, 11) is 0. The highest BCUT2D eigenvalue weighted by Gasteiger charge is 2.64. The monoisotopic (exact) mass is 438 g/mol. The lowest BCUT2D eigenvalue weighted by Crippen LogP contribution is -2.49. The number of rotatable bonds is 10. The summed E-state index contributed by atoms with van der Waals surface area (Å²) >= 11 is 0. The Hall–Kier alpha value is -1.14. The number of fused-ring (bicyclic) bond motifs is 1. The van der Waals surface area contributed by atoms with Gasteiger partial charge in [0.15, 0.2) is 0 Å². The highest BCUT2D eigenvalue weighted by molar-refractivity contribution is 5.77. The summed E-state index contributed by atoms with van der Waals surface area (Å²) in [5.74, 6) is 0.701. The molecule has 0 aromatic carbocycles. The van der Waals surface area contributed by atoms with Gasteiger partial charge in [-0.2, -0.15) is 0 Å². The molecule has 6 unspecified atom stereocenters. The van der Waals surface area contributed by atoms with Crippen molar-refractivity contribution in [3.05, 3.63) is 0 Å². The molecule has 1 aliphatic heterocycles. The van der Waals surface area contributed by atoms with Crippen LogP contribution in [0.2, 0.25) is 0 Å². The largest absolute Gasteiger partial charge is 0.466 e. The zero-order valence-corrected chi connectivity index (χ0v) is 20.3. The van der Waals surface area contributed by atoms with Gasteiger partial charge in [-0.1, -0.05) is 41.0 Å². The molecule has 3 fully saturated rings. The Bertz CT molecular complexity index is 646. The van der Waals surface area contributed by atoms with E-state index in [0.29, 0.717) is 25.6 Å². The van der Waals surface area contributed by atoms with E-state index in [-0.39, 0.29) is 54.1 Å². The molecular formula is C25H42O6. The van der Waals surface area contributed by atoms with Crippen molar-refractivity contribution in [2.24, 2.45) is 34.5 Å². The second-order valence-electron chi connectivity index (χ2n) is 11.1. The fourth-order valence-electron chi connectivity index (χ4n) is 6.06. The maximum absolute atomic E-state index is 13.3. The number of hydrogen-bond acceptors (Lipinski definition) is 6. The first kappa shape index (κ1) is 24.5. The van der Waals surface area contributed by atoms with Crippen molar-refractivity contribution in [1.82, 2.24) is 0 Å². The van der Waals surface area contributed by atoms with E-state index < -0.39 is 5.41 Å². The first-order chi connectivity index (χ1) is 14.6. The SMILES string of the molecule is CCCCOC(=O)CC12COCOC3C(OC(=O)C(C)(CC(C)C)C(C)C)C(CC31)C2. The molecule has 6 heteroatoms. The number of carbonyl (C=O) groups is 2. The van der Waals surface area contributed by atoms with Gasteiger partial charge in [0.2, 0.25) is 0 Å². The number of unbranched alkanes of at least 4 members (excludes halogenated alkanes) is 1. The Morgan fingerprint density at radius 3 is 2.61 bits per heavy atom. The first-order valence-corrected chi connectivity index (χ1v) is 12.2. The van der Waals surface area contributed by atoms with Crippen molar-refractivity contribution < 1.29 is 28.5 Å². The van der Waals surface area contributed by atoms with Crippen molar-refractivity contribution in [3.63, 3.8) is 0 Å². The van der Waals surface area contributed by atoms with E-state index in [4.69, 9.17) is 18.9 Å². The van der Waals surface area contributed by atoms with Gasteiger partial charge in [-0.25, -0.2) is 0 Å². The van der Waals surface area contributed by atoms with E-state index in [9.17, 15) is 9.59 Å². The standard InChI is InChI=1S/C25H42O6/c1-7-8-9-29-20(26)13-25-12-18-10-19(25)22(30-15-28-14-25)21(18)31-23(27)24(6,17(4)5)11-16(2)3/h16-19,21-22H,7-15H2,1-6H3. The van der Waals surface area contributed by atoms with Crippen LogP contribution in [-0.2, 0) is 28.5 Å². The molecule has 1 heterocycles. The summed E-state index contributed by atoms with van der Waals surface area (Å²) in [4.78, 5) is 25.9. The lowest BCUT2D eigenvalue weighted by atomic mass is 9.69. The van der Waals surface area contributed by atoms with E-state index in [0.717, 1.165) is 32.1 Å². The molecule has 3 aliphatic rings. The minimum Gasteiger partial charge on any atom is -0.466 e. The third-order valence-corrected chi connectivity index (χ3v) is 8.00. The van der Waals surface area contributed by atoms with Gasteiger partial charge in [-0.15, -0.1) is 0 Å². The van der Waals surface area contributed by atoms with Gasteiger partial charge in [0, 0.05) is 5.41 Å². The summed E-state index contributed by atoms with van der Waals surface area (Å²) < 4.78 is 23.5. The molecule has 0 radical (unpaired) electrons. The third-order valence-electron chi connectivity index (χ3n) is 8.00. The minimum atomic E-state index is -0.516. The molecule has 0 N–H and O–H groups in total. The van der Waals surface area contributed by atoms with Crippen molar-refractivity contribution in [2.45, 2.75) is 92.3 Å². The van der Waals surface area contributed by atoms with Crippen LogP contribution in [0.3, 0.4) is 0 Å². The van der Waals surface area contributed by atoms with Crippen molar-refractivity contribution in [1.29, 1.82) is 0 Å². The molecule has 3 rings (SSSR count). The fourth-order valence-corrected chi connectivity index (χ4v) is 6.06. The highest BCUT2D eigenvalue weighted by atomic mass is 16.7. The van der Waals surface area contributed by atoms with Crippen LogP contribution in [0.5, 0.6) is 0 Å². The highest BCUT2D eigenvalue weighted by Crippen LogP contribution is 2.60. The van der Waals surface area contributed by atoms with E-state index >= 15 is 0 Å². The molecule has 2 aliphatic carbocycles. The van der Waals surface area contributed by atoms with Crippen molar-refractivity contribution >= 4 is 11.9 Å². The smallest absolute Gasteiger partial charge is 0.312 e. The maximum Gasteiger partial charge on any atom is 0.312 e. The molecule has 0 aromatic rings. The van der Waals surface area contributed by atoms with Crippen LogP contribution >= 0.6 is 0 Å². The fraction of sp³-hybridized carbons (Fsp3) is 0.920. The lowest BCUT2D eigenvalue weighted by molar-refractivity contribution is -0.183. The van der Waals surface area contributed by atoms with Crippen LogP contribution in [0.15, 0.2) is 0 Å². The lowest BCUT2D eigenvalue weighted by Gasteiger charge is -2.42. The molecule has 178 valence electrons. The van der Waals surface area contributed by atoms with E-state index in [1.54, 1.807) is 0 Å². The predicted molar refractivity (Wildman–Crippen MR) is 117 cm³/mol. The van der Waals surface area contributed by atoms with Gasteiger partial charge in [-0.3, -0.25) is 9.59 Å². The van der Waals surface area contributed by atoms with E-state index in [1.807, 2.05) is 6.92 Å². The second kappa shape index (κ2) is 9.78. The first-order valence-electron chi connectivity index (χ1n) is 12.2. The average Bonchev–Trinajstić information content (AvgIpc) is 3.17. The summed E-state index contributed by atoms with van der Waals surface area (Å²) in [5.41, 5.74) is -0.783. The number of esters is 2. The van der Waals surface area contributed by atoms with E-state index in [2.05, 4.69) is 34.6 Å². The molecule has 6 atom stereocenters. The second-order valence-corrected chi connectivity index (χ2v) is 11.1. The molecule has 0 aromatic heterocycles. The quantitative estimate of drug-likeness (QED) is 0.362. The van der Waals surface area contributed by atoms with Crippen LogP contribution in [0, 0.1) is 34.5 Å². The normalized spacial score (nSPS) is 33.9. The van der Waals surface area contributed by atoms with Crippen LogP contribution in [0.25, 0.3) is 0 Å².